The number of carbonyl (C=O) groups excluding carboxylic acids is 1. The fourth-order valence-corrected chi connectivity index (χ4v) is 2.58. The van der Waals surface area contributed by atoms with Crippen LogP contribution in [0.25, 0.3) is 0 Å². The average Bonchev–Trinajstić information content (AvgIpc) is 2.84. The second-order valence-electron chi connectivity index (χ2n) is 4.83. The van der Waals surface area contributed by atoms with Crippen molar-refractivity contribution < 1.29 is 4.79 Å². The van der Waals surface area contributed by atoms with Crippen LogP contribution in [0.1, 0.15) is 25.8 Å². The van der Waals surface area contributed by atoms with Crippen LogP contribution in [-0.4, -0.2) is 40.2 Å². The van der Waals surface area contributed by atoms with E-state index in [0.717, 1.165) is 30.4 Å². The number of hydrogen-bond acceptors (Lipinski definition) is 3. The SMILES string of the molecule is CC(CN)C(=O)N1CCC(n2cc(Br)cn2)CC1.Cl. The number of nitrogens with zero attached hydrogens (tertiary/aromatic N) is 3. The Morgan fingerprint density at radius 1 is 1.58 bits per heavy atom. The van der Waals surface area contributed by atoms with Gasteiger partial charge in [0.1, 0.15) is 0 Å². The third-order valence-corrected chi connectivity index (χ3v) is 3.90. The lowest BCUT2D eigenvalue weighted by molar-refractivity contribution is -0.136. The highest BCUT2D eigenvalue weighted by atomic mass is 79.9. The number of rotatable bonds is 3. The van der Waals surface area contributed by atoms with Gasteiger partial charge in [0.25, 0.3) is 0 Å². The molecule has 1 unspecified atom stereocenters. The van der Waals surface area contributed by atoms with Crippen LogP contribution < -0.4 is 5.73 Å². The number of piperidine rings is 1. The molecule has 5 nitrogen and oxygen atoms in total. The number of halogens is 2. The second kappa shape index (κ2) is 7.26. The summed E-state index contributed by atoms with van der Waals surface area (Å²) in [4.78, 5) is 13.9. The van der Waals surface area contributed by atoms with E-state index in [4.69, 9.17) is 5.73 Å². The molecule has 1 saturated heterocycles. The van der Waals surface area contributed by atoms with E-state index in [9.17, 15) is 4.79 Å². The van der Waals surface area contributed by atoms with E-state index in [1.54, 1.807) is 6.20 Å². The molecule has 0 spiro atoms. The fraction of sp³-hybridized carbons (Fsp3) is 0.667. The Morgan fingerprint density at radius 3 is 2.68 bits per heavy atom. The Hall–Kier alpha value is -0.590. The highest BCUT2D eigenvalue weighted by Crippen LogP contribution is 2.24. The predicted octanol–water partition coefficient (Wildman–Crippen LogP) is 1.83. The summed E-state index contributed by atoms with van der Waals surface area (Å²) in [7, 11) is 0. The summed E-state index contributed by atoms with van der Waals surface area (Å²) in [6, 6.07) is 0.397. The number of carbonyl (C=O) groups is 1. The van der Waals surface area contributed by atoms with Gasteiger partial charge in [0.05, 0.1) is 16.7 Å². The Balaban J connectivity index is 0.00000180. The Bertz CT molecular complexity index is 418. The fourth-order valence-electron chi connectivity index (χ4n) is 2.28. The smallest absolute Gasteiger partial charge is 0.226 e. The molecule has 2 rings (SSSR count). The topological polar surface area (TPSA) is 64.2 Å². The standard InChI is InChI=1S/C12H19BrN4O.ClH/c1-9(6-14)12(18)16-4-2-11(3-5-16)17-8-10(13)7-15-17;/h7-9,11H,2-6,14H2,1H3;1H. The number of aromatic nitrogens is 2. The van der Waals surface area contributed by atoms with Crippen molar-refractivity contribution in [2.24, 2.45) is 11.7 Å². The molecule has 1 amide bonds. The van der Waals surface area contributed by atoms with Gasteiger partial charge < -0.3 is 10.6 Å². The molecule has 1 fully saturated rings. The average molecular weight is 352 g/mol. The molecule has 1 aliphatic heterocycles. The zero-order chi connectivity index (χ0) is 13.1. The molecular formula is C12H20BrClN4O. The lowest BCUT2D eigenvalue weighted by Crippen LogP contribution is -2.43. The van der Waals surface area contributed by atoms with E-state index in [-0.39, 0.29) is 24.2 Å². The van der Waals surface area contributed by atoms with Gasteiger partial charge in [-0.3, -0.25) is 9.48 Å². The van der Waals surface area contributed by atoms with Crippen LogP contribution in [0.15, 0.2) is 16.9 Å². The highest BCUT2D eigenvalue weighted by Gasteiger charge is 2.26. The minimum Gasteiger partial charge on any atom is -0.342 e. The lowest BCUT2D eigenvalue weighted by atomic mass is 10.0. The molecule has 0 saturated carbocycles. The number of hydrogen-bond donors (Lipinski definition) is 1. The van der Waals surface area contributed by atoms with Crippen molar-refractivity contribution in [2.45, 2.75) is 25.8 Å². The Labute approximate surface area is 128 Å². The molecule has 19 heavy (non-hydrogen) atoms. The van der Waals surface area contributed by atoms with Crippen molar-refractivity contribution in [3.63, 3.8) is 0 Å². The van der Waals surface area contributed by atoms with Crippen molar-refractivity contribution in [1.82, 2.24) is 14.7 Å². The molecule has 0 aromatic carbocycles. The van der Waals surface area contributed by atoms with Gasteiger partial charge in [0, 0.05) is 31.7 Å². The molecule has 7 heteroatoms. The first-order valence-electron chi connectivity index (χ1n) is 6.30. The summed E-state index contributed by atoms with van der Waals surface area (Å²) < 4.78 is 2.98. The van der Waals surface area contributed by atoms with Gasteiger partial charge in [0.2, 0.25) is 5.91 Å². The third kappa shape index (κ3) is 3.94. The molecule has 2 N–H and O–H groups in total. The van der Waals surface area contributed by atoms with E-state index in [2.05, 4.69) is 21.0 Å². The van der Waals surface area contributed by atoms with Crippen LogP contribution in [0.5, 0.6) is 0 Å². The van der Waals surface area contributed by atoms with Gasteiger partial charge in [-0.25, -0.2) is 0 Å². The first-order chi connectivity index (χ1) is 8.61. The Morgan fingerprint density at radius 2 is 2.21 bits per heavy atom. The van der Waals surface area contributed by atoms with Crippen molar-refractivity contribution in [2.75, 3.05) is 19.6 Å². The zero-order valence-electron chi connectivity index (χ0n) is 11.0. The number of amides is 1. The normalized spacial score (nSPS) is 17.9. The van der Waals surface area contributed by atoms with E-state index in [0.29, 0.717) is 12.6 Å². The van der Waals surface area contributed by atoms with Gasteiger partial charge >= 0.3 is 0 Å². The molecule has 2 heterocycles. The highest BCUT2D eigenvalue weighted by molar-refractivity contribution is 9.10. The van der Waals surface area contributed by atoms with Crippen LogP contribution in [0.3, 0.4) is 0 Å². The largest absolute Gasteiger partial charge is 0.342 e. The van der Waals surface area contributed by atoms with E-state index in [1.165, 1.54) is 0 Å². The first kappa shape index (κ1) is 16.5. The maximum Gasteiger partial charge on any atom is 0.226 e. The monoisotopic (exact) mass is 350 g/mol. The quantitative estimate of drug-likeness (QED) is 0.903. The van der Waals surface area contributed by atoms with Crippen LogP contribution >= 0.6 is 28.3 Å². The second-order valence-corrected chi connectivity index (χ2v) is 5.75. The summed E-state index contributed by atoms with van der Waals surface area (Å²) in [6.45, 7) is 3.90. The molecule has 1 aromatic rings. The zero-order valence-corrected chi connectivity index (χ0v) is 13.4. The summed E-state index contributed by atoms with van der Waals surface area (Å²) >= 11 is 3.40. The molecule has 0 aliphatic carbocycles. The molecule has 1 aromatic heterocycles. The van der Waals surface area contributed by atoms with Crippen molar-refractivity contribution >= 4 is 34.2 Å². The van der Waals surface area contributed by atoms with Crippen molar-refractivity contribution in [3.8, 4) is 0 Å². The Kier molecular flexibility index (Phi) is 6.29. The lowest BCUT2D eigenvalue weighted by Gasteiger charge is -2.33. The van der Waals surface area contributed by atoms with Gasteiger partial charge in [-0.05, 0) is 28.8 Å². The molecule has 108 valence electrons. The summed E-state index contributed by atoms with van der Waals surface area (Å²) in [5, 5.41) is 4.31. The third-order valence-electron chi connectivity index (χ3n) is 3.50. The van der Waals surface area contributed by atoms with Crippen LogP contribution in [0.4, 0.5) is 0 Å². The summed E-state index contributed by atoms with van der Waals surface area (Å²) in [5.74, 6) is 0.109. The van der Waals surface area contributed by atoms with Crippen LogP contribution in [0.2, 0.25) is 0 Å². The molecule has 0 radical (unpaired) electrons. The van der Waals surface area contributed by atoms with Gasteiger partial charge in [0.15, 0.2) is 0 Å². The summed E-state index contributed by atoms with van der Waals surface area (Å²) in [5.41, 5.74) is 5.53. The summed E-state index contributed by atoms with van der Waals surface area (Å²) in [6.07, 6.45) is 5.70. The van der Waals surface area contributed by atoms with E-state index < -0.39 is 0 Å². The number of likely N-dealkylation sites (tertiary alicyclic amines) is 1. The maximum absolute atomic E-state index is 12.0. The van der Waals surface area contributed by atoms with Gasteiger partial charge in [-0.2, -0.15) is 5.10 Å². The molecule has 1 atom stereocenters. The minimum atomic E-state index is -0.0691. The van der Waals surface area contributed by atoms with Crippen molar-refractivity contribution in [3.05, 3.63) is 16.9 Å². The predicted molar refractivity (Wildman–Crippen MR) is 80.2 cm³/mol. The van der Waals surface area contributed by atoms with Gasteiger partial charge in [-0.15, -0.1) is 12.4 Å². The van der Waals surface area contributed by atoms with E-state index in [1.807, 2.05) is 22.7 Å². The van der Waals surface area contributed by atoms with Crippen LogP contribution in [-0.2, 0) is 4.79 Å². The van der Waals surface area contributed by atoms with Gasteiger partial charge in [-0.1, -0.05) is 6.92 Å². The van der Waals surface area contributed by atoms with Crippen LogP contribution in [0, 0.1) is 5.92 Å². The molecule has 0 bridgehead atoms. The molecular weight excluding hydrogens is 332 g/mol. The maximum atomic E-state index is 12.0. The minimum absolute atomic E-state index is 0. The van der Waals surface area contributed by atoms with E-state index >= 15 is 0 Å². The first-order valence-corrected chi connectivity index (χ1v) is 7.09. The van der Waals surface area contributed by atoms with Crippen molar-refractivity contribution in [1.29, 1.82) is 0 Å². The number of nitrogens with two attached hydrogens (primary N) is 1. The molecule has 1 aliphatic rings.